The quantitative estimate of drug-likeness (QED) is 0.757. The van der Waals surface area contributed by atoms with E-state index < -0.39 is 5.91 Å². The molecule has 0 bridgehead atoms. The van der Waals surface area contributed by atoms with Crippen LogP contribution in [0, 0.1) is 5.92 Å². The topological polar surface area (TPSA) is 98.2 Å². The first-order valence-corrected chi connectivity index (χ1v) is 6.78. The zero-order valence-electron chi connectivity index (χ0n) is 10.3. The Kier molecular flexibility index (Phi) is 3.68. The van der Waals surface area contributed by atoms with Gasteiger partial charge in [0.25, 0.3) is 5.91 Å². The highest BCUT2D eigenvalue weighted by Gasteiger charge is 2.26. The number of fused-ring (bicyclic) bond motifs is 1. The van der Waals surface area contributed by atoms with Crippen molar-refractivity contribution in [3.8, 4) is 0 Å². The van der Waals surface area contributed by atoms with Crippen LogP contribution >= 0.6 is 11.3 Å². The van der Waals surface area contributed by atoms with Crippen molar-refractivity contribution in [3.63, 3.8) is 0 Å². The maximum Gasteiger partial charge on any atom is 0.251 e. The predicted molar refractivity (Wildman–Crippen MR) is 71.7 cm³/mol. The number of amides is 2. The smallest absolute Gasteiger partial charge is 0.251 e. The molecule has 0 radical (unpaired) electrons. The van der Waals surface area contributed by atoms with Gasteiger partial charge in [-0.15, -0.1) is 11.3 Å². The summed E-state index contributed by atoms with van der Waals surface area (Å²) in [5.74, 6) is -0.173. The van der Waals surface area contributed by atoms with E-state index in [9.17, 15) is 9.59 Å². The highest BCUT2D eigenvalue weighted by atomic mass is 32.1. The molecule has 1 aliphatic rings. The molecule has 0 spiro atoms. The Labute approximate surface area is 110 Å². The summed E-state index contributed by atoms with van der Waals surface area (Å²) in [5.41, 5.74) is 12.2. The number of carbonyl (C=O) groups is 2. The van der Waals surface area contributed by atoms with Gasteiger partial charge < -0.3 is 16.8 Å². The van der Waals surface area contributed by atoms with Crippen LogP contribution < -0.4 is 16.8 Å². The van der Waals surface area contributed by atoms with Crippen LogP contribution in [-0.2, 0) is 17.6 Å². The first kappa shape index (κ1) is 13.0. The van der Waals surface area contributed by atoms with E-state index in [1.807, 2.05) is 0 Å². The molecule has 5 N–H and O–H groups in total. The zero-order valence-corrected chi connectivity index (χ0v) is 11.1. The van der Waals surface area contributed by atoms with Crippen molar-refractivity contribution in [1.82, 2.24) is 0 Å². The van der Waals surface area contributed by atoms with Crippen LogP contribution in [0.2, 0.25) is 0 Å². The van der Waals surface area contributed by atoms with Crippen molar-refractivity contribution < 1.29 is 9.59 Å². The van der Waals surface area contributed by atoms with Gasteiger partial charge in [0.15, 0.2) is 0 Å². The van der Waals surface area contributed by atoms with E-state index >= 15 is 0 Å². The molecular formula is C12H17N3O2S. The zero-order chi connectivity index (χ0) is 13.3. The first-order chi connectivity index (χ1) is 8.52. The summed E-state index contributed by atoms with van der Waals surface area (Å²) >= 11 is 1.45. The third-order valence-electron chi connectivity index (χ3n) is 3.20. The summed E-state index contributed by atoms with van der Waals surface area (Å²) in [6, 6.07) is 0. The number of nitrogens with two attached hydrogens (primary N) is 2. The summed E-state index contributed by atoms with van der Waals surface area (Å²) in [4.78, 5) is 24.1. The van der Waals surface area contributed by atoms with Gasteiger partial charge in [-0.25, -0.2) is 0 Å². The number of hydrogen-bond donors (Lipinski definition) is 3. The molecule has 18 heavy (non-hydrogen) atoms. The summed E-state index contributed by atoms with van der Waals surface area (Å²) in [5, 5.41) is 3.22. The highest BCUT2D eigenvalue weighted by Crippen LogP contribution is 2.39. The van der Waals surface area contributed by atoms with Crippen LogP contribution in [0.1, 0.15) is 34.1 Å². The van der Waals surface area contributed by atoms with E-state index in [-0.39, 0.29) is 12.5 Å². The van der Waals surface area contributed by atoms with Crippen molar-refractivity contribution in [2.45, 2.75) is 26.2 Å². The minimum atomic E-state index is -0.477. The van der Waals surface area contributed by atoms with Gasteiger partial charge in [-0.2, -0.15) is 0 Å². The van der Waals surface area contributed by atoms with Crippen molar-refractivity contribution in [1.29, 1.82) is 0 Å². The third-order valence-corrected chi connectivity index (χ3v) is 4.37. The molecular weight excluding hydrogens is 250 g/mol. The maximum absolute atomic E-state index is 11.6. The van der Waals surface area contributed by atoms with Crippen LogP contribution in [0.4, 0.5) is 5.00 Å². The van der Waals surface area contributed by atoms with Gasteiger partial charge in [-0.3, -0.25) is 9.59 Å². The first-order valence-electron chi connectivity index (χ1n) is 5.97. The van der Waals surface area contributed by atoms with E-state index in [4.69, 9.17) is 11.5 Å². The minimum absolute atomic E-state index is 0.100. The van der Waals surface area contributed by atoms with E-state index in [0.717, 1.165) is 29.7 Å². The van der Waals surface area contributed by atoms with Gasteiger partial charge in [0.05, 0.1) is 12.1 Å². The Bertz CT molecular complexity index is 496. The summed E-state index contributed by atoms with van der Waals surface area (Å²) in [7, 11) is 0. The molecule has 1 heterocycles. The van der Waals surface area contributed by atoms with E-state index in [2.05, 4.69) is 12.2 Å². The molecule has 1 aliphatic carbocycles. The average molecular weight is 267 g/mol. The number of thiophene rings is 1. The molecule has 1 unspecified atom stereocenters. The molecule has 0 saturated carbocycles. The fourth-order valence-corrected chi connectivity index (χ4v) is 3.71. The van der Waals surface area contributed by atoms with Gasteiger partial charge >= 0.3 is 0 Å². The van der Waals surface area contributed by atoms with E-state index in [1.165, 1.54) is 11.3 Å². The molecule has 5 nitrogen and oxygen atoms in total. The fourth-order valence-electron chi connectivity index (χ4n) is 2.28. The van der Waals surface area contributed by atoms with Gasteiger partial charge in [0.1, 0.15) is 5.00 Å². The van der Waals surface area contributed by atoms with Crippen LogP contribution in [0.15, 0.2) is 0 Å². The lowest BCUT2D eigenvalue weighted by Crippen LogP contribution is -2.23. The Morgan fingerprint density at radius 1 is 1.50 bits per heavy atom. The molecule has 0 aromatic carbocycles. The number of hydrogen-bond acceptors (Lipinski definition) is 4. The second-order valence-corrected chi connectivity index (χ2v) is 5.78. The third kappa shape index (κ3) is 2.39. The predicted octanol–water partition coefficient (Wildman–Crippen LogP) is 0.869. The molecule has 0 saturated heterocycles. The van der Waals surface area contributed by atoms with Gasteiger partial charge in [0.2, 0.25) is 5.91 Å². The summed E-state index contributed by atoms with van der Waals surface area (Å²) in [6.07, 6.45) is 2.84. The van der Waals surface area contributed by atoms with Crippen molar-refractivity contribution in [2.24, 2.45) is 17.4 Å². The van der Waals surface area contributed by atoms with Crippen LogP contribution in [0.25, 0.3) is 0 Å². The number of carbonyl (C=O) groups excluding carboxylic acids is 2. The molecule has 6 heteroatoms. The summed E-state index contributed by atoms with van der Waals surface area (Å²) < 4.78 is 0. The second-order valence-electron chi connectivity index (χ2n) is 4.67. The highest BCUT2D eigenvalue weighted by molar-refractivity contribution is 7.17. The van der Waals surface area contributed by atoms with Crippen molar-refractivity contribution in [2.75, 3.05) is 11.9 Å². The molecule has 1 aromatic heterocycles. The molecule has 0 fully saturated rings. The monoisotopic (exact) mass is 267 g/mol. The molecule has 2 amide bonds. The number of primary amides is 1. The Balaban J connectivity index is 2.40. The maximum atomic E-state index is 11.6. The molecule has 0 aliphatic heterocycles. The standard InChI is InChI=1S/C12H17N3O2S/c1-6-2-3-7-8(4-6)18-12(10(7)11(14)17)15-9(16)5-13/h6H,2-5,13H2,1H3,(H2,14,17)(H,15,16). The molecule has 1 atom stereocenters. The lowest BCUT2D eigenvalue weighted by molar-refractivity contribution is -0.114. The number of rotatable bonds is 3. The van der Waals surface area contributed by atoms with Crippen LogP contribution in [-0.4, -0.2) is 18.4 Å². The lowest BCUT2D eigenvalue weighted by Gasteiger charge is -2.18. The van der Waals surface area contributed by atoms with E-state index in [0.29, 0.717) is 16.5 Å². The molecule has 98 valence electrons. The van der Waals surface area contributed by atoms with Crippen molar-refractivity contribution >= 4 is 28.2 Å². The fraction of sp³-hybridized carbons (Fsp3) is 0.500. The number of nitrogens with one attached hydrogen (secondary N) is 1. The largest absolute Gasteiger partial charge is 0.365 e. The lowest BCUT2D eigenvalue weighted by atomic mass is 9.88. The van der Waals surface area contributed by atoms with E-state index in [1.54, 1.807) is 0 Å². The Morgan fingerprint density at radius 2 is 2.22 bits per heavy atom. The van der Waals surface area contributed by atoms with Gasteiger partial charge in [-0.05, 0) is 30.7 Å². The van der Waals surface area contributed by atoms with Crippen molar-refractivity contribution in [3.05, 3.63) is 16.0 Å². The van der Waals surface area contributed by atoms with Gasteiger partial charge in [-0.1, -0.05) is 6.92 Å². The molecule has 2 rings (SSSR count). The van der Waals surface area contributed by atoms with Gasteiger partial charge in [0, 0.05) is 4.88 Å². The SMILES string of the molecule is CC1CCc2c(sc(NC(=O)CN)c2C(N)=O)C1. The Hall–Kier alpha value is -1.40. The number of anilines is 1. The normalized spacial score (nSPS) is 18.2. The van der Waals surface area contributed by atoms with Crippen LogP contribution in [0.5, 0.6) is 0 Å². The van der Waals surface area contributed by atoms with Crippen LogP contribution in [0.3, 0.4) is 0 Å². The average Bonchev–Trinajstić information content (AvgIpc) is 2.65. The minimum Gasteiger partial charge on any atom is -0.365 e. The Morgan fingerprint density at radius 3 is 2.83 bits per heavy atom. The molecule has 1 aromatic rings. The second kappa shape index (κ2) is 5.07. The summed E-state index contributed by atoms with van der Waals surface area (Å²) in [6.45, 7) is 2.09.